The zero-order chi connectivity index (χ0) is 14.2. The van der Waals surface area contributed by atoms with Gasteiger partial charge in [0.2, 0.25) is 0 Å². The summed E-state index contributed by atoms with van der Waals surface area (Å²) in [7, 11) is 0. The summed E-state index contributed by atoms with van der Waals surface area (Å²) in [6.45, 7) is 0.176. The molecule has 2 N–H and O–H groups in total. The molecule has 1 heterocycles. The molecule has 1 unspecified atom stereocenters. The average molecular weight is 311 g/mol. The van der Waals surface area contributed by atoms with Crippen LogP contribution in [0.3, 0.4) is 0 Å². The Balaban J connectivity index is 1.79. The summed E-state index contributed by atoms with van der Waals surface area (Å²) in [4.78, 5) is 7.36. The number of phenols is 1. The van der Waals surface area contributed by atoms with Gasteiger partial charge < -0.3 is 14.8 Å². The number of nitrogens with zero attached hydrogens (tertiary/aromatic N) is 1. The molecule has 1 aliphatic rings. The second-order valence-electron chi connectivity index (χ2n) is 4.52. The highest BCUT2D eigenvalue weighted by molar-refractivity contribution is 6.39. The van der Waals surface area contributed by atoms with E-state index in [0.717, 1.165) is 5.52 Å². The molecule has 1 aromatic carbocycles. The van der Waals surface area contributed by atoms with Crippen molar-refractivity contribution in [2.75, 3.05) is 0 Å². The van der Waals surface area contributed by atoms with Crippen molar-refractivity contribution in [1.29, 1.82) is 0 Å². The number of alkyl halides is 1. The Kier molecular flexibility index (Phi) is 3.46. The summed E-state index contributed by atoms with van der Waals surface area (Å²) in [5.41, 5.74) is 1.26. The van der Waals surface area contributed by atoms with E-state index < -0.39 is 5.06 Å². The lowest BCUT2D eigenvalue weighted by atomic mass is 10.1. The number of aromatic amines is 1. The first-order chi connectivity index (χ1) is 9.58. The number of phenolic OH excluding ortho intramolecular Hbond substituents is 1. The molecule has 2 aromatic rings. The van der Waals surface area contributed by atoms with Gasteiger partial charge in [0.25, 0.3) is 0 Å². The molecular formula is C14H12Cl2N2O2. The molecule has 0 amide bonds. The van der Waals surface area contributed by atoms with Crippen LogP contribution in [-0.2, 0) is 11.3 Å². The predicted molar refractivity (Wildman–Crippen MR) is 78.8 cm³/mol. The average Bonchev–Trinajstić information content (AvgIpc) is 2.85. The van der Waals surface area contributed by atoms with Crippen LogP contribution >= 0.6 is 23.2 Å². The summed E-state index contributed by atoms with van der Waals surface area (Å²) in [5.74, 6) is 0.713. The lowest BCUT2D eigenvalue weighted by molar-refractivity contribution is 0.0353. The second kappa shape index (κ2) is 5.13. The molecule has 6 heteroatoms. The molecule has 0 saturated carbocycles. The van der Waals surface area contributed by atoms with Gasteiger partial charge in [-0.15, -0.1) is 0 Å². The normalized spacial score (nSPS) is 22.2. The van der Waals surface area contributed by atoms with E-state index in [4.69, 9.17) is 27.9 Å². The molecule has 1 aliphatic carbocycles. The third kappa shape index (κ3) is 2.42. The maximum atomic E-state index is 9.71. The minimum atomic E-state index is -1.04. The highest BCUT2D eigenvalue weighted by Crippen LogP contribution is 2.37. The number of imidazole rings is 1. The van der Waals surface area contributed by atoms with Crippen LogP contribution in [0.15, 0.2) is 41.5 Å². The summed E-state index contributed by atoms with van der Waals surface area (Å²) < 4.78 is 5.68. The summed E-state index contributed by atoms with van der Waals surface area (Å²) in [6, 6.07) is 5.16. The molecule has 1 aromatic heterocycles. The minimum absolute atomic E-state index is 0.129. The number of rotatable bonds is 3. The number of aromatic hydroxyl groups is 1. The Morgan fingerprint density at radius 2 is 2.30 bits per heavy atom. The molecule has 4 nitrogen and oxygen atoms in total. The van der Waals surface area contributed by atoms with Crippen LogP contribution in [0.2, 0.25) is 0 Å². The van der Waals surface area contributed by atoms with E-state index in [2.05, 4.69) is 9.97 Å². The fraction of sp³-hybridized carbons (Fsp3) is 0.214. The van der Waals surface area contributed by atoms with Gasteiger partial charge in [0.1, 0.15) is 23.7 Å². The summed E-state index contributed by atoms with van der Waals surface area (Å²) >= 11 is 12.4. The van der Waals surface area contributed by atoms with Gasteiger partial charge in [0.05, 0.1) is 10.5 Å². The number of nitrogens with one attached hydrogen (secondary N) is 1. The van der Waals surface area contributed by atoms with Gasteiger partial charge in [-0.25, -0.2) is 4.98 Å². The van der Waals surface area contributed by atoms with Crippen molar-refractivity contribution in [2.24, 2.45) is 0 Å². The number of halogens is 2. The van der Waals surface area contributed by atoms with Gasteiger partial charge in [-0.3, -0.25) is 0 Å². The van der Waals surface area contributed by atoms with E-state index in [-0.39, 0.29) is 12.4 Å². The minimum Gasteiger partial charge on any atom is -0.506 e. The number of aromatic nitrogens is 2. The fourth-order valence-electron chi connectivity index (χ4n) is 2.04. The van der Waals surface area contributed by atoms with Crippen LogP contribution in [0.4, 0.5) is 0 Å². The third-order valence-electron chi connectivity index (χ3n) is 3.09. The first kappa shape index (κ1) is 13.5. The molecule has 0 spiro atoms. The van der Waals surface area contributed by atoms with Gasteiger partial charge >= 0.3 is 0 Å². The lowest BCUT2D eigenvalue weighted by Gasteiger charge is -2.27. The topological polar surface area (TPSA) is 58.1 Å². The smallest absolute Gasteiger partial charge is 0.181 e. The summed E-state index contributed by atoms with van der Waals surface area (Å²) in [5, 5.41) is 9.11. The van der Waals surface area contributed by atoms with Crippen LogP contribution in [0, 0.1) is 0 Å². The molecule has 20 heavy (non-hydrogen) atoms. The Hall–Kier alpha value is -1.49. The van der Waals surface area contributed by atoms with Crippen molar-refractivity contribution in [2.45, 2.75) is 18.1 Å². The maximum absolute atomic E-state index is 9.71. The summed E-state index contributed by atoms with van der Waals surface area (Å²) in [6.07, 6.45) is 5.94. The van der Waals surface area contributed by atoms with Crippen molar-refractivity contribution >= 4 is 34.2 Å². The van der Waals surface area contributed by atoms with E-state index in [1.807, 2.05) is 18.2 Å². The Bertz CT molecular complexity index is 708. The first-order valence-corrected chi connectivity index (χ1v) is 6.86. The van der Waals surface area contributed by atoms with Crippen molar-refractivity contribution in [1.82, 2.24) is 9.97 Å². The number of hydrogen-bond donors (Lipinski definition) is 2. The van der Waals surface area contributed by atoms with E-state index in [1.54, 1.807) is 18.2 Å². The number of fused-ring (bicyclic) bond motifs is 1. The predicted octanol–water partition coefficient (Wildman–Crippen LogP) is 3.80. The zero-order valence-corrected chi connectivity index (χ0v) is 11.9. The number of para-hydroxylation sites is 1. The quantitative estimate of drug-likeness (QED) is 0.848. The Morgan fingerprint density at radius 3 is 3.05 bits per heavy atom. The van der Waals surface area contributed by atoms with Crippen molar-refractivity contribution in [3.8, 4) is 5.75 Å². The maximum Gasteiger partial charge on any atom is 0.181 e. The van der Waals surface area contributed by atoms with Gasteiger partial charge in [0, 0.05) is 6.42 Å². The molecular weight excluding hydrogens is 299 g/mol. The lowest BCUT2D eigenvalue weighted by Crippen LogP contribution is -2.26. The zero-order valence-electron chi connectivity index (χ0n) is 10.4. The highest BCUT2D eigenvalue weighted by Gasteiger charge is 2.32. The van der Waals surface area contributed by atoms with Gasteiger partial charge in [-0.2, -0.15) is 0 Å². The van der Waals surface area contributed by atoms with Crippen molar-refractivity contribution in [3.05, 3.63) is 47.3 Å². The van der Waals surface area contributed by atoms with Crippen LogP contribution in [0.1, 0.15) is 12.2 Å². The van der Waals surface area contributed by atoms with Gasteiger partial charge in [0.15, 0.2) is 5.06 Å². The molecule has 104 valence electrons. The van der Waals surface area contributed by atoms with E-state index in [0.29, 0.717) is 22.8 Å². The third-order valence-corrected chi connectivity index (χ3v) is 4.09. The number of benzene rings is 1. The Labute approximate surface area is 125 Å². The van der Waals surface area contributed by atoms with E-state index >= 15 is 0 Å². The molecule has 0 bridgehead atoms. The van der Waals surface area contributed by atoms with Crippen molar-refractivity contribution < 1.29 is 9.84 Å². The SMILES string of the molecule is Oc1cccc2[nH]c(COC3(Cl)CC=CC=C3Cl)nc12. The fourth-order valence-corrected chi connectivity index (χ4v) is 2.45. The monoisotopic (exact) mass is 310 g/mol. The van der Waals surface area contributed by atoms with Crippen LogP contribution in [0.5, 0.6) is 5.75 Å². The standard InChI is InChI=1S/C14H12Cl2N2O2/c15-11-6-1-2-7-14(11,16)20-8-12-17-9-4-3-5-10(19)13(9)18-12/h1-6,19H,7-8H2,(H,17,18). The van der Waals surface area contributed by atoms with Crippen LogP contribution in [0.25, 0.3) is 11.0 Å². The molecule has 1 atom stereocenters. The number of hydrogen-bond acceptors (Lipinski definition) is 3. The molecule has 0 radical (unpaired) electrons. The first-order valence-electron chi connectivity index (χ1n) is 6.11. The highest BCUT2D eigenvalue weighted by atomic mass is 35.5. The largest absolute Gasteiger partial charge is 0.506 e. The number of allylic oxidation sites excluding steroid dienone is 2. The molecule has 3 rings (SSSR count). The van der Waals surface area contributed by atoms with Gasteiger partial charge in [-0.05, 0) is 18.2 Å². The van der Waals surface area contributed by atoms with Crippen LogP contribution in [-0.4, -0.2) is 20.1 Å². The van der Waals surface area contributed by atoms with Crippen LogP contribution < -0.4 is 0 Å². The van der Waals surface area contributed by atoms with E-state index in [9.17, 15) is 5.11 Å². The molecule has 0 fully saturated rings. The second-order valence-corrected chi connectivity index (χ2v) is 5.54. The number of ether oxygens (including phenoxy) is 1. The number of H-pyrrole nitrogens is 1. The van der Waals surface area contributed by atoms with E-state index in [1.165, 1.54) is 0 Å². The van der Waals surface area contributed by atoms with Gasteiger partial charge in [-0.1, -0.05) is 41.4 Å². The molecule has 0 saturated heterocycles. The van der Waals surface area contributed by atoms with Crippen molar-refractivity contribution in [3.63, 3.8) is 0 Å². The Morgan fingerprint density at radius 1 is 1.45 bits per heavy atom. The molecule has 0 aliphatic heterocycles.